The number of halogens is 2. The van der Waals surface area contributed by atoms with Crippen molar-refractivity contribution in [2.45, 2.75) is 13.0 Å². The molecule has 0 saturated carbocycles. The standard InChI is InChI=1S/C16H17ClFNO/c1-20-16-7-6-14(17)10-13(16)11-19-9-8-12-4-2-3-5-15(12)18/h2-7,10,19H,8-9,11H2,1H3. The lowest BCUT2D eigenvalue weighted by Gasteiger charge is -2.10. The van der Waals surface area contributed by atoms with Crippen LogP contribution in [0.5, 0.6) is 5.75 Å². The second-order valence-corrected chi connectivity index (χ2v) is 4.91. The lowest BCUT2D eigenvalue weighted by Crippen LogP contribution is -2.17. The largest absolute Gasteiger partial charge is 0.496 e. The van der Waals surface area contributed by atoms with Gasteiger partial charge in [0.15, 0.2) is 0 Å². The molecule has 0 bridgehead atoms. The highest BCUT2D eigenvalue weighted by molar-refractivity contribution is 6.30. The Balaban J connectivity index is 1.87. The van der Waals surface area contributed by atoms with Gasteiger partial charge in [-0.05, 0) is 42.8 Å². The van der Waals surface area contributed by atoms with Gasteiger partial charge in [-0.15, -0.1) is 0 Å². The van der Waals surface area contributed by atoms with Gasteiger partial charge in [-0.3, -0.25) is 0 Å². The van der Waals surface area contributed by atoms with Gasteiger partial charge >= 0.3 is 0 Å². The van der Waals surface area contributed by atoms with Gasteiger partial charge in [0.25, 0.3) is 0 Å². The molecule has 106 valence electrons. The van der Waals surface area contributed by atoms with Crippen molar-refractivity contribution in [1.82, 2.24) is 5.32 Å². The van der Waals surface area contributed by atoms with Crippen LogP contribution < -0.4 is 10.1 Å². The van der Waals surface area contributed by atoms with Gasteiger partial charge in [0.05, 0.1) is 7.11 Å². The molecule has 0 aliphatic rings. The molecule has 2 nitrogen and oxygen atoms in total. The van der Waals surface area contributed by atoms with E-state index in [1.165, 1.54) is 6.07 Å². The molecule has 0 radical (unpaired) electrons. The van der Waals surface area contributed by atoms with E-state index in [0.29, 0.717) is 24.5 Å². The molecule has 0 amide bonds. The summed E-state index contributed by atoms with van der Waals surface area (Å²) in [5.74, 6) is 0.641. The maximum absolute atomic E-state index is 13.4. The minimum atomic E-state index is -0.158. The van der Waals surface area contributed by atoms with Crippen molar-refractivity contribution in [3.05, 3.63) is 64.4 Å². The molecule has 0 unspecified atom stereocenters. The predicted molar refractivity (Wildman–Crippen MR) is 79.8 cm³/mol. The molecule has 0 heterocycles. The summed E-state index contributed by atoms with van der Waals surface area (Å²) >= 11 is 5.97. The lowest BCUT2D eigenvalue weighted by atomic mass is 10.1. The number of benzene rings is 2. The molecule has 0 aliphatic carbocycles. The van der Waals surface area contributed by atoms with Gasteiger partial charge in [0.1, 0.15) is 11.6 Å². The topological polar surface area (TPSA) is 21.3 Å². The summed E-state index contributed by atoms with van der Waals surface area (Å²) in [6.45, 7) is 1.33. The molecule has 2 rings (SSSR count). The molecule has 0 saturated heterocycles. The van der Waals surface area contributed by atoms with Crippen LogP contribution in [0, 0.1) is 5.82 Å². The van der Waals surface area contributed by atoms with Gasteiger partial charge in [0, 0.05) is 17.1 Å². The molecule has 2 aromatic carbocycles. The van der Waals surface area contributed by atoms with Crippen molar-refractivity contribution < 1.29 is 9.13 Å². The van der Waals surface area contributed by atoms with Gasteiger partial charge in [-0.2, -0.15) is 0 Å². The number of methoxy groups -OCH3 is 1. The number of hydrogen-bond donors (Lipinski definition) is 1. The van der Waals surface area contributed by atoms with Crippen LogP contribution in [0.3, 0.4) is 0 Å². The fraction of sp³-hybridized carbons (Fsp3) is 0.250. The van der Waals surface area contributed by atoms with Crippen molar-refractivity contribution in [3.8, 4) is 5.75 Å². The SMILES string of the molecule is COc1ccc(Cl)cc1CNCCc1ccccc1F. The van der Waals surface area contributed by atoms with Crippen molar-refractivity contribution in [2.75, 3.05) is 13.7 Å². The molecular formula is C16H17ClFNO. The minimum absolute atomic E-state index is 0.158. The van der Waals surface area contributed by atoms with Crippen molar-refractivity contribution in [1.29, 1.82) is 0 Å². The lowest BCUT2D eigenvalue weighted by molar-refractivity contribution is 0.408. The molecule has 0 atom stereocenters. The van der Waals surface area contributed by atoms with Gasteiger partial charge in [-0.25, -0.2) is 4.39 Å². The molecular weight excluding hydrogens is 277 g/mol. The number of hydrogen-bond acceptors (Lipinski definition) is 2. The smallest absolute Gasteiger partial charge is 0.126 e. The fourth-order valence-corrected chi connectivity index (χ4v) is 2.23. The van der Waals surface area contributed by atoms with Crippen LogP contribution in [-0.2, 0) is 13.0 Å². The van der Waals surface area contributed by atoms with Gasteiger partial charge in [-0.1, -0.05) is 29.8 Å². The maximum Gasteiger partial charge on any atom is 0.126 e. The maximum atomic E-state index is 13.4. The van der Waals surface area contributed by atoms with Crippen molar-refractivity contribution in [2.24, 2.45) is 0 Å². The first-order valence-corrected chi connectivity index (χ1v) is 6.85. The summed E-state index contributed by atoms with van der Waals surface area (Å²) in [5, 5.41) is 3.95. The molecule has 20 heavy (non-hydrogen) atoms. The molecule has 4 heteroatoms. The summed E-state index contributed by atoms with van der Waals surface area (Å²) in [4.78, 5) is 0. The van der Waals surface area contributed by atoms with Gasteiger partial charge in [0.2, 0.25) is 0 Å². The monoisotopic (exact) mass is 293 g/mol. The summed E-state index contributed by atoms with van der Waals surface area (Å²) in [5.41, 5.74) is 1.71. The van der Waals surface area contributed by atoms with E-state index < -0.39 is 0 Å². The highest BCUT2D eigenvalue weighted by Gasteiger charge is 2.04. The Bertz CT molecular complexity index is 574. The van der Waals surface area contributed by atoms with Gasteiger partial charge < -0.3 is 10.1 Å². The third-order valence-corrected chi connectivity index (χ3v) is 3.32. The first kappa shape index (κ1) is 14.8. The average molecular weight is 294 g/mol. The highest BCUT2D eigenvalue weighted by Crippen LogP contribution is 2.22. The summed E-state index contributed by atoms with van der Waals surface area (Å²) in [6.07, 6.45) is 0.648. The zero-order valence-corrected chi connectivity index (χ0v) is 12.1. The summed E-state index contributed by atoms with van der Waals surface area (Å²) in [7, 11) is 1.63. The second kappa shape index (κ2) is 7.27. The Kier molecular flexibility index (Phi) is 5.39. The molecule has 0 spiro atoms. The van der Waals surface area contributed by atoms with Crippen LogP contribution in [-0.4, -0.2) is 13.7 Å². The highest BCUT2D eigenvalue weighted by atomic mass is 35.5. The summed E-state index contributed by atoms with van der Waals surface area (Å²) < 4.78 is 18.7. The van der Waals surface area contributed by atoms with E-state index in [-0.39, 0.29) is 5.82 Å². The van der Waals surface area contributed by atoms with Crippen LogP contribution in [0.4, 0.5) is 4.39 Å². The van der Waals surface area contributed by atoms with Crippen LogP contribution in [0.2, 0.25) is 5.02 Å². The molecule has 2 aromatic rings. The number of ether oxygens (including phenoxy) is 1. The fourth-order valence-electron chi connectivity index (χ4n) is 2.03. The number of nitrogens with one attached hydrogen (secondary N) is 1. The Morgan fingerprint density at radius 1 is 1.15 bits per heavy atom. The average Bonchev–Trinajstić information content (AvgIpc) is 2.45. The van der Waals surface area contributed by atoms with Crippen molar-refractivity contribution >= 4 is 11.6 Å². The van der Waals surface area contributed by atoms with Crippen LogP contribution >= 0.6 is 11.6 Å². The Hall–Kier alpha value is -1.58. The third kappa shape index (κ3) is 3.95. The zero-order chi connectivity index (χ0) is 14.4. The van der Waals surface area contributed by atoms with E-state index >= 15 is 0 Å². The van der Waals surface area contributed by atoms with E-state index in [9.17, 15) is 4.39 Å². The summed E-state index contributed by atoms with van der Waals surface area (Å²) in [6, 6.07) is 12.3. The van der Waals surface area contributed by atoms with E-state index in [1.54, 1.807) is 25.3 Å². The van der Waals surface area contributed by atoms with E-state index in [0.717, 1.165) is 16.9 Å². The first-order chi connectivity index (χ1) is 9.70. The van der Waals surface area contributed by atoms with Crippen molar-refractivity contribution in [3.63, 3.8) is 0 Å². The third-order valence-electron chi connectivity index (χ3n) is 3.09. The molecule has 1 N–H and O–H groups in total. The van der Waals surface area contributed by atoms with Crippen LogP contribution in [0.25, 0.3) is 0 Å². The minimum Gasteiger partial charge on any atom is -0.496 e. The van der Waals surface area contributed by atoms with E-state index in [4.69, 9.17) is 16.3 Å². The number of rotatable bonds is 6. The quantitative estimate of drug-likeness (QED) is 0.818. The van der Waals surface area contributed by atoms with Crippen LogP contribution in [0.1, 0.15) is 11.1 Å². The van der Waals surface area contributed by atoms with E-state index in [2.05, 4.69) is 5.32 Å². The van der Waals surface area contributed by atoms with Crippen LogP contribution in [0.15, 0.2) is 42.5 Å². The molecule has 0 fully saturated rings. The normalized spacial score (nSPS) is 10.6. The van der Waals surface area contributed by atoms with E-state index in [1.807, 2.05) is 18.2 Å². The second-order valence-electron chi connectivity index (χ2n) is 4.47. The Morgan fingerprint density at radius 3 is 2.70 bits per heavy atom. The zero-order valence-electron chi connectivity index (χ0n) is 11.3. The Labute approximate surface area is 123 Å². The molecule has 0 aliphatic heterocycles. The molecule has 0 aromatic heterocycles. The predicted octanol–water partition coefficient (Wildman–Crippen LogP) is 3.82. The first-order valence-electron chi connectivity index (χ1n) is 6.47. The Morgan fingerprint density at radius 2 is 1.95 bits per heavy atom.